The standard InChI is InChI=1S/C20H21FN4O4S/c1-3-4-17(26)16-8-6-14-18(30(28,29)24-16)11-25(2)19(14)20(27)23-13-5-7-15(21)12(9-13)10-22/h3,5,7,9,11,16-17,24,26H,1,4,6,8H2,2H3,(H,23,27). The van der Waals surface area contributed by atoms with Crippen molar-refractivity contribution in [2.75, 3.05) is 5.32 Å². The van der Waals surface area contributed by atoms with Gasteiger partial charge in [-0.15, -0.1) is 6.58 Å². The number of amides is 1. The summed E-state index contributed by atoms with van der Waals surface area (Å²) in [4.78, 5) is 12.9. The Balaban J connectivity index is 1.94. The SMILES string of the molecule is C=CCC(O)C1CCc2c(cn(C)c2C(=O)Nc2ccc(F)c(C#N)c2)S(=O)(=O)N1. The van der Waals surface area contributed by atoms with Crippen molar-refractivity contribution in [3.63, 3.8) is 0 Å². The number of nitrogens with one attached hydrogen (secondary N) is 2. The van der Waals surface area contributed by atoms with Crippen molar-refractivity contribution in [1.82, 2.24) is 9.29 Å². The Morgan fingerprint density at radius 1 is 1.57 bits per heavy atom. The molecule has 0 fully saturated rings. The first-order valence-corrected chi connectivity index (χ1v) is 10.7. The molecular weight excluding hydrogens is 411 g/mol. The summed E-state index contributed by atoms with van der Waals surface area (Å²) in [7, 11) is -2.40. The zero-order valence-electron chi connectivity index (χ0n) is 16.2. The van der Waals surface area contributed by atoms with Gasteiger partial charge >= 0.3 is 0 Å². The van der Waals surface area contributed by atoms with Crippen molar-refractivity contribution in [2.24, 2.45) is 7.05 Å². The third kappa shape index (κ3) is 4.14. The molecular formula is C20H21FN4O4S. The van der Waals surface area contributed by atoms with Crippen molar-refractivity contribution < 1.29 is 22.7 Å². The van der Waals surface area contributed by atoms with E-state index in [4.69, 9.17) is 5.26 Å². The normalized spacial score (nSPS) is 18.5. The molecule has 30 heavy (non-hydrogen) atoms. The summed E-state index contributed by atoms with van der Waals surface area (Å²) in [6.07, 6.45) is 2.69. The van der Waals surface area contributed by atoms with Gasteiger partial charge < -0.3 is 15.0 Å². The number of aliphatic hydroxyl groups is 1. The molecule has 2 unspecified atom stereocenters. The molecule has 2 aromatic rings. The second kappa shape index (κ2) is 8.39. The van der Waals surface area contributed by atoms with E-state index in [1.165, 1.54) is 29.0 Å². The number of aromatic nitrogens is 1. The van der Waals surface area contributed by atoms with E-state index in [0.29, 0.717) is 12.0 Å². The molecule has 10 heteroatoms. The fourth-order valence-corrected chi connectivity index (χ4v) is 5.15. The number of carbonyl (C=O) groups excluding carboxylic acids is 1. The Bertz CT molecular complexity index is 1150. The first-order chi connectivity index (χ1) is 14.2. The van der Waals surface area contributed by atoms with Gasteiger partial charge in [-0.1, -0.05) is 6.08 Å². The largest absolute Gasteiger partial charge is 0.391 e. The number of fused-ring (bicyclic) bond motifs is 1. The van der Waals surface area contributed by atoms with Crippen molar-refractivity contribution in [3.05, 3.63) is 59.7 Å². The zero-order valence-corrected chi connectivity index (χ0v) is 17.0. The molecule has 1 aliphatic rings. The molecule has 0 spiro atoms. The number of carbonyl (C=O) groups is 1. The summed E-state index contributed by atoms with van der Waals surface area (Å²) in [5.41, 5.74) is 0.460. The molecule has 0 radical (unpaired) electrons. The first kappa shape index (κ1) is 21.7. The molecule has 0 saturated heterocycles. The van der Waals surface area contributed by atoms with E-state index in [1.807, 2.05) is 0 Å². The maximum Gasteiger partial charge on any atom is 0.272 e. The van der Waals surface area contributed by atoms with Gasteiger partial charge in [-0.2, -0.15) is 5.26 Å². The second-order valence-corrected chi connectivity index (χ2v) is 8.73. The lowest BCUT2D eigenvalue weighted by Gasteiger charge is -2.20. The van der Waals surface area contributed by atoms with E-state index in [9.17, 15) is 22.7 Å². The topological polar surface area (TPSA) is 124 Å². The van der Waals surface area contributed by atoms with Gasteiger partial charge in [0.1, 0.15) is 22.5 Å². The van der Waals surface area contributed by atoms with E-state index in [-0.39, 0.29) is 34.7 Å². The van der Waals surface area contributed by atoms with Gasteiger partial charge in [-0.3, -0.25) is 4.79 Å². The van der Waals surface area contributed by atoms with Crippen molar-refractivity contribution in [2.45, 2.75) is 36.3 Å². The number of nitrogens with zero attached hydrogens (tertiary/aromatic N) is 2. The Labute approximate surface area is 173 Å². The summed E-state index contributed by atoms with van der Waals surface area (Å²) < 4.78 is 43.0. The average molecular weight is 432 g/mol. The highest BCUT2D eigenvalue weighted by Crippen LogP contribution is 2.29. The van der Waals surface area contributed by atoms with Crippen molar-refractivity contribution in [3.8, 4) is 6.07 Å². The van der Waals surface area contributed by atoms with Gasteiger partial charge in [0.25, 0.3) is 5.91 Å². The minimum absolute atomic E-state index is 0.0275. The maximum atomic E-state index is 13.5. The predicted octanol–water partition coefficient (Wildman–Crippen LogP) is 1.82. The van der Waals surface area contributed by atoms with Crippen LogP contribution in [0.15, 0.2) is 41.9 Å². The molecule has 1 aromatic carbocycles. The molecule has 0 saturated carbocycles. The minimum Gasteiger partial charge on any atom is -0.391 e. The lowest BCUT2D eigenvalue weighted by atomic mass is 10.00. The van der Waals surface area contributed by atoms with Crippen LogP contribution >= 0.6 is 0 Å². The van der Waals surface area contributed by atoms with Gasteiger partial charge in [0.2, 0.25) is 10.0 Å². The van der Waals surface area contributed by atoms with Crippen LogP contribution in [0.2, 0.25) is 0 Å². The quantitative estimate of drug-likeness (QED) is 0.622. The van der Waals surface area contributed by atoms with Gasteiger partial charge in [-0.25, -0.2) is 17.5 Å². The molecule has 158 valence electrons. The number of hydrogen-bond donors (Lipinski definition) is 3. The number of nitriles is 1. The first-order valence-electron chi connectivity index (χ1n) is 9.18. The van der Waals surface area contributed by atoms with E-state index >= 15 is 0 Å². The summed E-state index contributed by atoms with van der Waals surface area (Å²) in [5, 5.41) is 21.7. The summed E-state index contributed by atoms with van der Waals surface area (Å²) >= 11 is 0. The monoisotopic (exact) mass is 432 g/mol. The van der Waals surface area contributed by atoms with Gasteiger partial charge in [0.15, 0.2) is 0 Å². The molecule has 2 heterocycles. The average Bonchev–Trinajstić information content (AvgIpc) is 2.97. The smallest absolute Gasteiger partial charge is 0.272 e. The Kier molecular flexibility index (Phi) is 6.07. The van der Waals surface area contributed by atoms with Crippen LogP contribution in [0.1, 0.15) is 34.5 Å². The minimum atomic E-state index is -3.95. The third-order valence-corrected chi connectivity index (χ3v) is 6.52. The number of anilines is 1. The van der Waals surface area contributed by atoms with Crippen LogP contribution in [0.3, 0.4) is 0 Å². The number of benzene rings is 1. The molecule has 2 atom stereocenters. The highest BCUT2D eigenvalue weighted by atomic mass is 32.2. The van der Waals surface area contributed by atoms with E-state index in [1.54, 1.807) is 13.1 Å². The van der Waals surface area contributed by atoms with Gasteiger partial charge in [-0.05, 0) is 37.5 Å². The molecule has 3 N–H and O–H groups in total. The summed E-state index contributed by atoms with van der Waals surface area (Å²) in [6.45, 7) is 3.55. The molecule has 1 aliphatic heterocycles. The molecule has 1 amide bonds. The molecule has 8 nitrogen and oxygen atoms in total. The number of aryl methyl sites for hydroxylation is 1. The predicted molar refractivity (Wildman–Crippen MR) is 108 cm³/mol. The third-order valence-electron chi connectivity index (χ3n) is 4.98. The summed E-state index contributed by atoms with van der Waals surface area (Å²) in [5.74, 6) is -1.29. The van der Waals surface area contributed by atoms with E-state index in [2.05, 4.69) is 16.6 Å². The number of sulfonamides is 1. The van der Waals surface area contributed by atoms with E-state index < -0.39 is 33.9 Å². The Morgan fingerprint density at radius 2 is 2.30 bits per heavy atom. The van der Waals surface area contributed by atoms with Crippen molar-refractivity contribution >= 4 is 21.6 Å². The van der Waals surface area contributed by atoms with Crippen LogP contribution in [0.4, 0.5) is 10.1 Å². The maximum absolute atomic E-state index is 13.5. The Morgan fingerprint density at radius 3 is 2.97 bits per heavy atom. The Hall–Kier alpha value is -3.00. The van der Waals surface area contributed by atoms with E-state index in [0.717, 1.165) is 6.07 Å². The molecule has 3 rings (SSSR count). The number of aliphatic hydroxyl groups excluding tert-OH is 1. The van der Waals surface area contributed by atoms with Crippen molar-refractivity contribution in [1.29, 1.82) is 5.26 Å². The molecule has 1 aromatic heterocycles. The zero-order chi connectivity index (χ0) is 22.1. The molecule has 0 bridgehead atoms. The molecule has 0 aliphatic carbocycles. The van der Waals surface area contributed by atoms with Gasteiger partial charge in [0, 0.05) is 30.5 Å². The lowest BCUT2D eigenvalue weighted by molar-refractivity contribution is 0.101. The van der Waals surface area contributed by atoms with Crippen LogP contribution in [-0.4, -0.2) is 36.1 Å². The number of hydrogen-bond acceptors (Lipinski definition) is 5. The van der Waals surface area contributed by atoms with Gasteiger partial charge in [0.05, 0.1) is 11.7 Å². The van der Waals surface area contributed by atoms with Crippen LogP contribution in [0.5, 0.6) is 0 Å². The number of rotatable bonds is 5. The second-order valence-electron chi connectivity index (χ2n) is 7.05. The van der Waals surface area contributed by atoms with Crippen LogP contribution in [-0.2, 0) is 23.5 Å². The van der Waals surface area contributed by atoms with Crippen LogP contribution in [0.25, 0.3) is 0 Å². The highest BCUT2D eigenvalue weighted by molar-refractivity contribution is 7.89. The number of halogens is 1. The highest BCUT2D eigenvalue weighted by Gasteiger charge is 2.35. The lowest BCUT2D eigenvalue weighted by Crippen LogP contribution is -2.42. The summed E-state index contributed by atoms with van der Waals surface area (Å²) in [6, 6.07) is 4.58. The fraction of sp³-hybridized carbons (Fsp3) is 0.300. The fourth-order valence-electron chi connectivity index (χ4n) is 3.52. The van der Waals surface area contributed by atoms with Crippen LogP contribution < -0.4 is 10.0 Å². The van der Waals surface area contributed by atoms with Crippen LogP contribution in [0, 0.1) is 17.1 Å².